The predicted octanol–water partition coefficient (Wildman–Crippen LogP) is 4.00. The molecule has 0 saturated heterocycles. The molecular formula is C26H38N2O6S. The van der Waals surface area contributed by atoms with Gasteiger partial charge in [-0.05, 0) is 49.3 Å². The van der Waals surface area contributed by atoms with Crippen LogP contribution in [0, 0.1) is 0 Å². The van der Waals surface area contributed by atoms with Crippen LogP contribution in [0.4, 0.5) is 0 Å². The van der Waals surface area contributed by atoms with E-state index in [4.69, 9.17) is 9.47 Å². The number of ether oxygens (including phenoxy) is 2. The largest absolute Gasteiger partial charge is 0.497 e. The fourth-order valence-electron chi connectivity index (χ4n) is 4.23. The number of nitrogens with zero attached hydrogens (tertiary/aromatic N) is 1. The number of sulfone groups is 1. The third kappa shape index (κ3) is 6.41. The lowest BCUT2D eigenvalue weighted by Crippen LogP contribution is -2.56. The van der Waals surface area contributed by atoms with Crippen LogP contribution in [0.2, 0.25) is 0 Å². The summed E-state index contributed by atoms with van der Waals surface area (Å²) in [5.41, 5.74) is 2.20. The maximum atomic E-state index is 14.3. The molecule has 9 heteroatoms. The Labute approximate surface area is 209 Å². The van der Waals surface area contributed by atoms with Crippen molar-refractivity contribution in [2.45, 2.75) is 55.8 Å². The quantitative estimate of drug-likeness (QED) is 0.278. The normalized spacial score (nSPS) is 14.3. The van der Waals surface area contributed by atoms with Gasteiger partial charge in [0.2, 0.25) is 0 Å². The van der Waals surface area contributed by atoms with Gasteiger partial charge in [0, 0.05) is 6.54 Å². The van der Waals surface area contributed by atoms with Gasteiger partial charge in [-0.15, -0.1) is 0 Å². The Hall–Kier alpha value is -2.46. The minimum atomic E-state index is -4.35. The number of benzene rings is 2. The van der Waals surface area contributed by atoms with E-state index in [9.17, 15) is 18.4 Å². The summed E-state index contributed by atoms with van der Waals surface area (Å²) in [6, 6.07) is 14.8. The fourth-order valence-corrected chi connectivity index (χ4v) is 6.33. The minimum absolute atomic E-state index is 0.0327. The van der Waals surface area contributed by atoms with Gasteiger partial charge < -0.3 is 14.4 Å². The average Bonchev–Trinajstić information content (AvgIpc) is 2.90. The SMILES string of the molecule is CCCCC(C(=O)NO)(C(OCCN(CC)CC)c1ccccc1)S(=O)(=O)c1ccc(OC)cc1. The number of carbonyl (C=O) groups excluding carboxylic acids is 1. The molecule has 0 fully saturated rings. The summed E-state index contributed by atoms with van der Waals surface area (Å²) in [5, 5.41) is 9.80. The van der Waals surface area contributed by atoms with Crippen molar-refractivity contribution in [2.24, 2.45) is 0 Å². The van der Waals surface area contributed by atoms with Crippen molar-refractivity contribution in [3.05, 3.63) is 60.2 Å². The van der Waals surface area contributed by atoms with Crippen molar-refractivity contribution >= 4 is 15.7 Å². The monoisotopic (exact) mass is 506 g/mol. The lowest BCUT2D eigenvalue weighted by molar-refractivity contribution is -0.137. The first-order valence-electron chi connectivity index (χ1n) is 12.0. The summed E-state index contributed by atoms with van der Waals surface area (Å²) in [5.74, 6) is -0.525. The minimum Gasteiger partial charge on any atom is -0.497 e. The molecule has 0 heterocycles. The summed E-state index contributed by atoms with van der Waals surface area (Å²) in [7, 11) is -2.86. The second kappa shape index (κ2) is 13.6. The topological polar surface area (TPSA) is 105 Å². The first kappa shape index (κ1) is 28.8. The summed E-state index contributed by atoms with van der Waals surface area (Å²) in [6.45, 7) is 8.42. The van der Waals surface area contributed by atoms with Crippen molar-refractivity contribution in [2.75, 3.05) is 33.4 Å². The average molecular weight is 507 g/mol. The highest BCUT2D eigenvalue weighted by molar-refractivity contribution is 7.93. The molecule has 8 nitrogen and oxygen atoms in total. The van der Waals surface area contributed by atoms with Crippen LogP contribution in [0.5, 0.6) is 5.75 Å². The number of rotatable bonds is 15. The van der Waals surface area contributed by atoms with E-state index in [1.54, 1.807) is 29.7 Å². The second-order valence-corrected chi connectivity index (χ2v) is 10.5. The molecule has 0 bridgehead atoms. The van der Waals surface area contributed by atoms with Gasteiger partial charge in [-0.2, -0.15) is 0 Å². The summed E-state index contributed by atoms with van der Waals surface area (Å²) >= 11 is 0. The molecule has 0 spiro atoms. The molecule has 0 aromatic heterocycles. The van der Waals surface area contributed by atoms with Gasteiger partial charge in [0.25, 0.3) is 5.91 Å². The lowest BCUT2D eigenvalue weighted by atomic mass is 9.89. The molecule has 0 saturated carbocycles. The van der Waals surface area contributed by atoms with E-state index < -0.39 is 26.6 Å². The number of hydrogen-bond donors (Lipinski definition) is 2. The number of amides is 1. The Balaban J connectivity index is 2.71. The second-order valence-electron chi connectivity index (χ2n) is 8.30. The third-order valence-corrected chi connectivity index (χ3v) is 8.80. The smallest absolute Gasteiger partial charge is 0.268 e. The number of hydrogen-bond acceptors (Lipinski definition) is 7. The number of nitrogens with one attached hydrogen (secondary N) is 1. The Bertz CT molecular complexity index is 1010. The van der Waals surface area contributed by atoms with E-state index in [1.807, 2.05) is 26.8 Å². The predicted molar refractivity (Wildman–Crippen MR) is 135 cm³/mol. The Kier molecular flexibility index (Phi) is 11.2. The summed E-state index contributed by atoms with van der Waals surface area (Å²) < 4.78 is 37.9. The van der Waals surface area contributed by atoms with Gasteiger partial charge in [0.15, 0.2) is 14.6 Å². The molecule has 0 radical (unpaired) electrons. The zero-order chi connectivity index (χ0) is 25.9. The van der Waals surface area contributed by atoms with Crippen molar-refractivity contribution in [3.63, 3.8) is 0 Å². The van der Waals surface area contributed by atoms with Crippen LogP contribution in [0.15, 0.2) is 59.5 Å². The zero-order valence-corrected chi connectivity index (χ0v) is 21.9. The van der Waals surface area contributed by atoms with Crippen molar-refractivity contribution in [1.82, 2.24) is 10.4 Å². The molecule has 35 heavy (non-hydrogen) atoms. The molecule has 2 aromatic carbocycles. The zero-order valence-electron chi connectivity index (χ0n) is 21.1. The van der Waals surface area contributed by atoms with Crippen molar-refractivity contribution in [1.29, 1.82) is 0 Å². The van der Waals surface area contributed by atoms with Crippen LogP contribution < -0.4 is 10.2 Å². The van der Waals surface area contributed by atoms with E-state index in [1.165, 1.54) is 31.4 Å². The molecule has 2 unspecified atom stereocenters. The van der Waals surface area contributed by atoms with Gasteiger partial charge in [-0.3, -0.25) is 10.0 Å². The van der Waals surface area contributed by atoms with Crippen LogP contribution in [0.1, 0.15) is 51.7 Å². The van der Waals surface area contributed by atoms with Gasteiger partial charge in [-0.25, -0.2) is 13.9 Å². The van der Waals surface area contributed by atoms with E-state index in [0.29, 0.717) is 30.7 Å². The van der Waals surface area contributed by atoms with Gasteiger partial charge in [-0.1, -0.05) is 63.9 Å². The Morgan fingerprint density at radius 1 is 1.06 bits per heavy atom. The van der Waals surface area contributed by atoms with Crippen molar-refractivity contribution in [3.8, 4) is 5.75 Å². The van der Waals surface area contributed by atoms with Gasteiger partial charge in [0.05, 0.1) is 18.6 Å². The maximum absolute atomic E-state index is 14.3. The molecule has 2 N–H and O–H groups in total. The van der Waals surface area contributed by atoms with Gasteiger partial charge in [0.1, 0.15) is 11.9 Å². The first-order chi connectivity index (χ1) is 16.8. The fraction of sp³-hybridized carbons (Fsp3) is 0.500. The van der Waals surface area contributed by atoms with E-state index in [-0.39, 0.29) is 17.9 Å². The molecule has 1 amide bonds. The van der Waals surface area contributed by atoms with Crippen molar-refractivity contribution < 1.29 is 27.9 Å². The summed E-state index contributed by atoms with van der Waals surface area (Å²) in [6.07, 6.45) is -0.0924. The molecule has 2 atom stereocenters. The molecule has 2 aromatic rings. The number of hydroxylamine groups is 1. The maximum Gasteiger partial charge on any atom is 0.268 e. The highest BCUT2D eigenvalue weighted by Gasteiger charge is 2.57. The molecule has 0 aliphatic rings. The Morgan fingerprint density at radius 2 is 1.69 bits per heavy atom. The highest BCUT2D eigenvalue weighted by Crippen LogP contribution is 2.44. The van der Waals surface area contributed by atoms with E-state index in [2.05, 4.69) is 4.90 Å². The summed E-state index contributed by atoms with van der Waals surface area (Å²) in [4.78, 5) is 15.6. The van der Waals surface area contributed by atoms with Crippen LogP contribution in [-0.2, 0) is 19.4 Å². The number of methoxy groups -OCH3 is 1. The number of unbranched alkanes of at least 4 members (excludes halogenated alkanes) is 1. The third-order valence-electron chi connectivity index (χ3n) is 6.35. The Morgan fingerprint density at radius 3 is 2.20 bits per heavy atom. The standard InChI is InChI=1S/C26H38N2O6S/c1-5-8-18-26(25(29)27-30,35(31,32)23-16-14-22(33-4)15-17-23)24(21-12-10-9-11-13-21)34-20-19-28(6-2)7-3/h9-17,24,30H,5-8,18-20H2,1-4H3,(H,27,29). The van der Waals surface area contributed by atoms with Crippen LogP contribution in [0.3, 0.4) is 0 Å². The number of likely N-dealkylation sites (N-methyl/N-ethyl adjacent to an activating group) is 1. The molecule has 2 rings (SSSR count). The lowest BCUT2D eigenvalue weighted by Gasteiger charge is -2.38. The highest BCUT2D eigenvalue weighted by atomic mass is 32.2. The molecular weight excluding hydrogens is 468 g/mol. The van der Waals surface area contributed by atoms with Crippen LogP contribution in [0.25, 0.3) is 0 Å². The van der Waals surface area contributed by atoms with E-state index in [0.717, 1.165) is 13.1 Å². The molecule has 194 valence electrons. The molecule has 0 aliphatic heterocycles. The van der Waals surface area contributed by atoms with E-state index >= 15 is 0 Å². The van der Waals surface area contributed by atoms with Gasteiger partial charge >= 0.3 is 0 Å². The van der Waals surface area contributed by atoms with Crippen LogP contribution >= 0.6 is 0 Å². The first-order valence-corrected chi connectivity index (χ1v) is 13.5. The molecule has 0 aliphatic carbocycles. The van der Waals surface area contributed by atoms with Crippen LogP contribution in [-0.4, -0.2) is 62.5 Å². The number of carbonyl (C=O) groups is 1.